The number of nitrogens with zero attached hydrogens (tertiary/aromatic N) is 2. The Balaban J connectivity index is 2.02. The smallest absolute Gasteiger partial charge is 0.246 e. The molecule has 0 aliphatic carbocycles. The van der Waals surface area contributed by atoms with Crippen LogP contribution >= 0.6 is 0 Å². The fourth-order valence-electron chi connectivity index (χ4n) is 2.43. The Bertz CT molecular complexity index is 455. The van der Waals surface area contributed by atoms with Crippen molar-refractivity contribution in [3.05, 3.63) is 42.0 Å². The molecule has 0 N–H and O–H groups in total. The van der Waals surface area contributed by atoms with Crippen LogP contribution in [0.15, 0.2) is 36.4 Å². The van der Waals surface area contributed by atoms with Gasteiger partial charge in [-0.15, -0.1) is 0 Å². The summed E-state index contributed by atoms with van der Waals surface area (Å²) in [5.74, 6) is 0.108. The summed E-state index contributed by atoms with van der Waals surface area (Å²) in [4.78, 5) is 16.5. The van der Waals surface area contributed by atoms with Crippen molar-refractivity contribution in [3.63, 3.8) is 0 Å². The second kappa shape index (κ2) is 6.02. The van der Waals surface area contributed by atoms with Crippen LogP contribution in [-0.4, -0.2) is 47.9 Å². The van der Waals surface area contributed by atoms with E-state index in [1.54, 1.807) is 6.08 Å². The number of hydrogen-bond acceptors (Lipinski definition) is 2. The third-order valence-electron chi connectivity index (χ3n) is 3.80. The summed E-state index contributed by atoms with van der Waals surface area (Å²) in [6.07, 6.45) is 3.57. The van der Waals surface area contributed by atoms with E-state index >= 15 is 0 Å². The Hall–Kier alpha value is -1.61. The zero-order chi connectivity index (χ0) is 13.8. The summed E-state index contributed by atoms with van der Waals surface area (Å²) in [7, 11) is 2.11. The molecule has 1 aromatic rings. The van der Waals surface area contributed by atoms with Crippen molar-refractivity contribution in [1.29, 1.82) is 0 Å². The van der Waals surface area contributed by atoms with E-state index in [0.717, 1.165) is 18.7 Å². The molecule has 1 amide bonds. The number of benzene rings is 1. The van der Waals surface area contributed by atoms with Crippen LogP contribution in [-0.2, 0) is 4.79 Å². The Morgan fingerprint density at radius 2 is 1.84 bits per heavy atom. The second-order valence-corrected chi connectivity index (χ2v) is 5.37. The highest BCUT2D eigenvalue weighted by molar-refractivity contribution is 5.92. The van der Waals surface area contributed by atoms with Gasteiger partial charge in [0.15, 0.2) is 0 Å². The Labute approximate surface area is 115 Å². The van der Waals surface area contributed by atoms with E-state index in [1.807, 2.05) is 41.3 Å². The first-order chi connectivity index (χ1) is 9.08. The van der Waals surface area contributed by atoms with Crippen molar-refractivity contribution in [3.8, 4) is 0 Å². The topological polar surface area (TPSA) is 23.6 Å². The minimum atomic E-state index is 0.108. The Morgan fingerprint density at radius 3 is 2.53 bits per heavy atom. The molecule has 1 saturated heterocycles. The van der Waals surface area contributed by atoms with Gasteiger partial charge in [0.25, 0.3) is 0 Å². The highest BCUT2D eigenvalue weighted by atomic mass is 16.2. The first kappa shape index (κ1) is 13.8. The molecular formula is C16H22N2O. The van der Waals surface area contributed by atoms with Gasteiger partial charge >= 0.3 is 0 Å². The van der Waals surface area contributed by atoms with Crippen molar-refractivity contribution in [1.82, 2.24) is 9.80 Å². The van der Waals surface area contributed by atoms with Crippen LogP contribution in [0.2, 0.25) is 0 Å². The molecule has 2 atom stereocenters. The van der Waals surface area contributed by atoms with E-state index in [9.17, 15) is 4.79 Å². The van der Waals surface area contributed by atoms with Crippen molar-refractivity contribution < 1.29 is 4.79 Å². The average Bonchev–Trinajstić information content (AvgIpc) is 2.41. The summed E-state index contributed by atoms with van der Waals surface area (Å²) in [6, 6.07) is 10.6. The molecule has 1 aliphatic heterocycles. The number of rotatable bonds is 2. The van der Waals surface area contributed by atoms with Crippen LogP contribution < -0.4 is 0 Å². The molecule has 0 spiro atoms. The summed E-state index contributed by atoms with van der Waals surface area (Å²) in [5.41, 5.74) is 1.06. The SMILES string of the molecule is C[C@@H]1CN(C(=O)/C=C/c2ccccc2)[C@H](C)CN1C. The summed E-state index contributed by atoms with van der Waals surface area (Å²) >= 11 is 0. The quantitative estimate of drug-likeness (QED) is 0.760. The lowest BCUT2D eigenvalue weighted by Crippen LogP contribution is -2.56. The first-order valence-corrected chi connectivity index (χ1v) is 6.82. The van der Waals surface area contributed by atoms with Crippen molar-refractivity contribution in [2.45, 2.75) is 25.9 Å². The molecule has 1 aliphatic rings. The zero-order valence-corrected chi connectivity index (χ0v) is 11.9. The van der Waals surface area contributed by atoms with Crippen molar-refractivity contribution in [2.24, 2.45) is 0 Å². The monoisotopic (exact) mass is 258 g/mol. The van der Waals surface area contributed by atoms with Gasteiger partial charge in [0.05, 0.1) is 0 Å². The van der Waals surface area contributed by atoms with Gasteiger partial charge in [-0.05, 0) is 32.5 Å². The molecule has 0 unspecified atom stereocenters. The van der Waals surface area contributed by atoms with Gasteiger partial charge in [0.1, 0.15) is 0 Å². The summed E-state index contributed by atoms with van der Waals surface area (Å²) < 4.78 is 0. The predicted octanol–water partition coefficient (Wildman–Crippen LogP) is 2.25. The number of likely N-dealkylation sites (N-methyl/N-ethyl adjacent to an activating group) is 1. The molecule has 2 rings (SSSR count). The number of amides is 1. The van der Waals surface area contributed by atoms with Crippen molar-refractivity contribution >= 4 is 12.0 Å². The zero-order valence-electron chi connectivity index (χ0n) is 11.9. The Kier molecular flexibility index (Phi) is 4.38. The molecular weight excluding hydrogens is 236 g/mol. The van der Waals surface area contributed by atoms with Gasteiger partial charge in [-0.25, -0.2) is 0 Å². The average molecular weight is 258 g/mol. The van der Waals surface area contributed by atoms with Crippen LogP contribution in [0.3, 0.4) is 0 Å². The van der Waals surface area contributed by atoms with Crippen molar-refractivity contribution in [2.75, 3.05) is 20.1 Å². The molecule has 1 aromatic carbocycles. The molecule has 3 heteroatoms. The summed E-state index contributed by atoms with van der Waals surface area (Å²) in [5, 5.41) is 0. The third kappa shape index (κ3) is 3.44. The molecule has 3 nitrogen and oxygen atoms in total. The predicted molar refractivity (Wildman–Crippen MR) is 78.7 cm³/mol. The van der Waals surface area contributed by atoms with E-state index in [4.69, 9.17) is 0 Å². The summed E-state index contributed by atoms with van der Waals surface area (Å²) in [6.45, 7) is 6.01. The first-order valence-electron chi connectivity index (χ1n) is 6.82. The third-order valence-corrected chi connectivity index (χ3v) is 3.80. The van der Waals surface area contributed by atoms with Crippen LogP contribution in [0.1, 0.15) is 19.4 Å². The Morgan fingerprint density at radius 1 is 1.16 bits per heavy atom. The second-order valence-electron chi connectivity index (χ2n) is 5.37. The normalized spacial score (nSPS) is 24.9. The van der Waals surface area contributed by atoms with Gasteiger partial charge in [-0.2, -0.15) is 0 Å². The lowest BCUT2D eigenvalue weighted by atomic mass is 10.1. The van der Waals surface area contributed by atoms with Gasteiger partial charge in [0, 0.05) is 31.2 Å². The molecule has 102 valence electrons. The van der Waals surface area contributed by atoms with Crippen LogP contribution in [0.4, 0.5) is 0 Å². The minimum absolute atomic E-state index is 0.108. The van der Waals surface area contributed by atoms with Gasteiger partial charge in [-0.3, -0.25) is 9.69 Å². The maximum atomic E-state index is 12.3. The van der Waals surface area contributed by atoms with E-state index in [2.05, 4.69) is 25.8 Å². The molecule has 0 aromatic heterocycles. The van der Waals surface area contributed by atoms with Crippen LogP contribution in [0.25, 0.3) is 6.08 Å². The van der Waals surface area contributed by atoms with Crippen LogP contribution in [0, 0.1) is 0 Å². The standard InChI is InChI=1S/C16H22N2O/c1-13-12-18(14(2)11-17(13)3)16(19)10-9-15-7-5-4-6-8-15/h4-10,13-14H,11-12H2,1-3H3/b10-9+/t13-,14-/m1/s1. The molecule has 0 bridgehead atoms. The number of carbonyl (C=O) groups excluding carboxylic acids is 1. The van der Waals surface area contributed by atoms with E-state index in [1.165, 1.54) is 0 Å². The largest absolute Gasteiger partial charge is 0.334 e. The highest BCUT2D eigenvalue weighted by Gasteiger charge is 2.28. The lowest BCUT2D eigenvalue weighted by Gasteiger charge is -2.42. The maximum absolute atomic E-state index is 12.3. The fraction of sp³-hybridized carbons (Fsp3) is 0.438. The molecule has 0 saturated carbocycles. The molecule has 0 radical (unpaired) electrons. The fourth-order valence-corrected chi connectivity index (χ4v) is 2.43. The van der Waals surface area contributed by atoms with E-state index in [0.29, 0.717) is 6.04 Å². The van der Waals surface area contributed by atoms with Gasteiger partial charge in [0.2, 0.25) is 5.91 Å². The number of carbonyl (C=O) groups is 1. The minimum Gasteiger partial charge on any atom is -0.334 e. The highest BCUT2D eigenvalue weighted by Crippen LogP contribution is 2.14. The number of piperazine rings is 1. The van der Waals surface area contributed by atoms with Crippen LogP contribution in [0.5, 0.6) is 0 Å². The van der Waals surface area contributed by atoms with Gasteiger partial charge < -0.3 is 4.90 Å². The van der Waals surface area contributed by atoms with E-state index in [-0.39, 0.29) is 11.9 Å². The lowest BCUT2D eigenvalue weighted by molar-refractivity contribution is -0.131. The van der Waals surface area contributed by atoms with E-state index < -0.39 is 0 Å². The molecule has 1 heterocycles. The molecule has 1 fully saturated rings. The number of hydrogen-bond donors (Lipinski definition) is 0. The maximum Gasteiger partial charge on any atom is 0.246 e. The molecule has 19 heavy (non-hydrogen) atoms. The van der Waals surface area contributed by atoms with Gasteiger partial charge in [-0.1, -0.05) is 30.3 Å².